The standard InChI is InChI=1S/C3H8O.2C3H6.C2H6O2/c1-3-4-2;2*1-3-2;3-1-2-4/h3H2,1-2H3;2*3H,1H2,2H3;3-4H,1-2H2. The minimum atomic E-state index is -0.125. The van der Waals surface area contributed by atoms with Crippen LogP contribution in [0.2, 0.25) is 0 Å². The Balaban J connectivity index is -0.0000000482. The molecule has 0 bridgehead atoms. The van der Waals surface area contributed by atoms with E-state index >= 15 is 0 Å². The van der Waals surface area contributed by atoms with Crippen LogP contribution < -0.4 is 0 Å². The van der Waals surface area contributed by atoms with Gasteiger partial charge in [-0.25, -0.2) is 0 Å². The fraction of sp³-hybridized carbons (Fsp3) is 0.636. The molecule has 0 spiro atoms. The number of allylic oxidation sites excluding steroid dienone is 2. The molecular weight excluding hydrogens is 180 g/mol. The molecule has 0 atom stereocenters. The van der Waals surface area contributed by atoms with Gasteiger partial charge in [-0.3, -0.25) is 0 Å². The normalized spacial score (nSPS) is 6.14. The Hall–Kier alpha value is -0.640. The average molecular weight is 206 g/mol. The molecule has 0 heterocycles. The molecule has 0 aromatic heterocycles. The molecular formula is C11H26O3. The Bertz CT molecular complexity index is 58.9. The van der Waals surface area contributed by atoms with Crippen LogP contribution in [0.25, 0.3) is 0 Å². The molecule has 3 nitrogen and oxygen atoms in total. The van der Waals surface area contributed by atoms with E-state index in [0.29, 0.717) is 0 Å². The van der Waals surface area contributed by atoms with E-state index in [4.69, 9.17) is 10.2 Å². The molecule has 3 heteroatoms. The van der Waals surface area contributed by atoms with Crippen LogP contribution >= 0.6 is 0 Å². The summed E-state index contributed by atoms with van der Waals surface area (Å²) in [6.07, 6.45) is 3.50. The van der Waals surface area contributed by atoms with Crippen molar-refractivity contribution in [3.8, 4) is 0 Å². The van der Waals surface area contributed by atoms with Crippen LogP contribution in [-0.2, 0) is 4.74 Å². The molecule has 0 radical (unpaired) electrons. The van der Waals surface area contributed by atoms with Crippen LogP contribution in [0.3, 0.4) is 0 Å². The lowest BCUT2D eigenvalue weighted by Crippen LogP contribution is -1.85. The zero-order valence-corrected chi connectivity index (χ0v) is 9.99. The van der Waals surface area contributed by atoms with Gasteiger partial charge < -0.3 is 14.9 Å². The number of hydrogen-bond donors (Lipinski definition) is 2. The molecule has 0 fully saturated rings. The first-order chi connectivity index (χ1) is 6.66. The molecule has 2 N–H and O–H groups in total. The van der Waals surface area contributed by atoms with Crippen molar-refractivity contribution in [2.75, 3.05) is 26.9 Å². The molecule has 0 rings (SSSR count). The van der Waals surface area contributed by atoms with Gasteiger partial charge in [-0.2, -0.15) is 0 Å². The summed E-state index contributed by atoms with van der Waals surface area (Å²) in [5, 5.41) is 15.2. The highest BCUT2D eigenvalue weighted by Gasteiger charge is 1.58. The summed E-state index contributed by atoms with van der Waals surface area (Å²) in [6.45, 7) is 13.0. The third-order valence-electron chi connectivity index (χ3n) is 0.389. The number of ether oxygens (including phenoxy) is 1. The van der Waals surface area contributed by atoms with Crippen LogP contribution in [0.5, 0.6) is 0 Å². The first kappa shape index (κ1) is 23.3. The van der Waals surface area contributed by atoms with Crippen molar-refractivity contribution in [1.29, 1.82) is 0 Å². The third kappa shape index (κ3) is 659. The molecule has 0 aliphatic rings. The summed E-state index contributed by atoms with van der Waals surface area (Å²) in [5.41, 5.74) is 0. The smallest absolute Gasteiger partial charge is 0.0662 e. The largest absolute Gasteiger partial charge is 0.394 e. The fourth-order valence-corrected chi connectivity index (χ4v) is 0. The van der Waals surface area contributed by atoms with E-state index in [1.165, 1.54) is 0 Å². The second-order valence-electron chi connectivity index (χ2n) is 1.84. The predicted molar refractivity (Wildman–Crippen MR) is 63.5 cm³/mol. The Labute approximate surface area is 88.7 Å². The number of rotatable bonds is 2. The van der Waals surface area contributed by atoms with E-state index in [0.717, 1.165) is 6.61 Å². The van der Waals surface area contributed by atoms with Crippen LogP contribution in [0.15, 0.2) is 25.3 Å². The Morgan fingerprint density at radius 2 is 1.21 bits per heavy atom. The molecule has 0 aliphatic heterocycles. The Kier molecular flexibility index (Phi) is 92.4. The molecule has 0 aromatic carbocycles. The minimum Gasteiger partial charge on any atom is -0.394 e. The van der Waals surface area contributed by atoms with E-state index in [-0.39, 0.29) is 13.2 Å². The average Bonchev–Trinajstić information content (AvgIpc) is 2.20. The lowest BCUT2D eigenvalue weighted by atomic mass is 10.8. The van der Waals surface area contributed by atoms with E-state index in [1.807, 2.05) is 20.8 Å². The highest BCUT2D eigenvalue weighted by Crippen LogP contribution is 1.52. The van der Waals surface area contributed by atoms with Gasteiger partial charge in [0.1, 0.15) is 0 Å². The maximum atomic E-state index is 7.62. The molecule has 0 amide bonds. The molecule has 0 unspecified atom stereocenters. The van der Waals surface area contributed by atoms with Crippen LogP contribution in [0.1, 0.15) is 20.8 Å². The second-order valence-corrected chi connectivity index (χ2v) is 1.84. The summed E-state index contributed by atoms with van der Waals surface area (Å²) >= 11 is 0. The van der Waals surface area contributed by atoms with E-state index in [1.54, 1.807) is 19.3 Å². The number of aliphatic hydroxyl groups is 2. The van der Waals surface area contributed by atoms with Crippen molar-refractivity contribution in [1.82, 2.24) is 0 Å². The van der Waals surface area contributed by atoms with Crippen LogP contribution in [0.4, 0.5) is 0 Å². The van der Waals surface area contributed by atoms with Crippen molar-refractivity contribution in [2.24, 2.45) is 0 Å². The van der Waals surface area contributed by atoms with Gasteiger partial charge in [0.2, 0.25) is 0 Å². The quantitative estimate of drug-likeness (QED) is 0.679. The van der Waals surface area contributed by atoms with Crippen molar-refractivity contribution < 1.29 is 14.9 Å². The van der Waals surface area contributed by atoms with Crippen molar-refractivity contribution in [3.05, 3.63) is 25.3 Å². The molecule has 0 aromatic rings. The highest BCUT2D eigenvalue weighted by atomic mass is 16.5. The molecule has 0 saturated carbocycles. The predicted octanol–water partition coefficient (Wildman–Crippen LogP) is 2.01. The number of aliphatic hydroxyl groups excluding tert-OH is 2. The molecule has 14 heavy (non-hydrogen) atoms. The van der Waals surface area contributed by atoms with Gasteiger partial charge in [0.05, 0.1) is 13.2 Å². The van der Waals surface area contributed by atoms with E-state index in [9.17, 15) is 0 Å². The Morgan fingerprint density at radius 3 is 1.21 bits per heavy atom. The molecule has 88 valence electrons. The summed E-state index contributed by atoms with van der Waals surface area (Å²) in [4.78, 5) is 0. The van der Waals surface area contributed by atoms with Gasteiger partial charge in [-0.15, -0.1) is 13.2 Å². The van der Waals surface area contributed by atoms with Gasteiger partial charge in [-0.1, -0.05) is 12.2 Å². The summed E-state index contributed by atoms with van der Waals surface area (Å²) in [7, 11) is 1.68. The lowest BCUT2D eigenvalue weighted by Gasteiger charge is -1.76. The van der Waals surface area contributed by atoms with Gasteiger partial charge in [0.25, 0.3) is 0 Å². The highest BCUT2D eigenvalue weighted by molar-refractivity contribution is 4.51. The topological polar surface area (TPSA) is 49.7 Å². The van der Waals surface area contributed by atoms with E-state index < -0.39 is 0 Å². The van der Waals surface area contributed by atoms with E-state index in [2.05, 4.69) is 17.9 Å². The minimum absolute atomic E-state index is 0.125. The van der Waals surface area contributed by atoms with Crippen molar-refractivity contribution in [3.63, 3.8) is 0 Å². The lowest BCUT2D eigenvalue weighted by molar-refractivity contribution is 0.186. The zero-order chi connectivity index (χ0) is 12.2. The van der Waals surface area contributed by atoms with Crippen molar-refractivity contribution in [2.45, 2.75) is 20.8 Å². The summed E-state index contributed by atoms with van der Waals surface area (Å²) in [5.74, 6) is 0. The summed E-state index contributed by atoms with van der Waals surface area (Å²) in [6, 6.07) is 0. The number of methoxy groups -OCH3 is 1. The molecule has 0 saturated heterocycles. The van der Waals surface area contributed by atoms with Crippen molar-refractivity contribution >= 4 is 0 Å². The first-order valence-electron chi connectivity index (χ1n) is 4.51. The van der Waals surface area contributed by atoms with Gasteiger partial charge in [-0.05, 0) is 20.8 Å². The monoisotopic (exact) mass is 206 g/mol. The third-order valence-corrected chi connectivity index (χ3v) is 0.389. The maximum absolute atomic E-state index is 7.62. The SMILES string of the molecule is C=CC.C=CC.CCOC.OCCO. The van der Waals surface area contributed by atoms with Gasteiger partial charge >= 0.3 is 0 Å². The van der Waals surface area contributed by atoms with Gasteiger partial charge in [0.15, 0.2) is 0 Å². The van der Waals surface area contributed by atoms with Gasteiger partial charge in [0, 0.05) is 13.7 Å². The van der Waals surface area contributed by atoms with Crippen LogP contribution in [-0.4, -0.2) is 37.1 Å². The summed E-state index contributed by atoms with van der Waals surface area (Å²) < 4.78 is 4.54. The van der Waals surface area contributed by atoms with Crippen LogP contribution in [0, 0.1) is 0 Å². The fourth-order valence-electron chi connectivity index (χ4n) is 0. The Morgan fingerprint density at radius 1 is 1.07 bits per heavy atom. The molecule has 0 aliphatic carbocycles. The maximum Gasteiger partial charge on any atom is 0.0662 e. The first-order valence-corrected chi connectivity index (χ1v) is 4.51. The zero-order valence-electron chi connectivity index (χ0n) is 9.99. The number of hydrogen-bond acceptors (Lipinski definition) is 3. The second kappa shape index (κ2) is 55.5.